The van der Waals surface area contributed by atoms with Crippen molar-refractivity contribution in [3.05, 3.63) is 69.2 Å². The van der Waals surface area contributed by atoms with Gasteiger partial charge in [0.15, 0.2) is 0 Å². The largest absolute Gasteiger partial charge is 0.480 e. The average Bonchev–Trinajstić information content (AvgIpc) is 2.98. The van der Waals surface area contributed by atoms with Gasteiger partial charge >= 0.3 is 5.97 Å². The molecule has 1 aromatic heterocycles. The van der Waals surface area contributed by atoms with Crippen molar-refractivity contribution in [2.75, 3.05) is 0 Å². The standard InChI is InChI=1S/C20H16ClNO4S/c1-11-3-6-18-15(7-11)16(10-27(18,25)26)20-12(2)22(9-19(23)24)17-8-13(21)4-5-14(17)20/h3-8,10H,9H2,1-2H3,(H,23,24). The molecular weight excluding hydrogens is 386 g/mol. The number of fused-ring (bicyclic) bond motifs is 2. The molecular formula is C20H16ClNO4S. The van der Waals surface area contributed by atoms with E-state index in [-0.39, 0.29) is 11.4 Å². The highest BCUT2D eigenvalue weighted by atomic mass is 35.5. The number of carboxylic acid groups (broad SMARTS) is 1. The maximum atomic E-state index is 12.6. The van der Waals surface area contributed by atoms with Gasteiger partial charge in [-0.05, 0) is 32.0 Å². The summed E-state index contributed by atoms with van der Waals surface area (Å²) < 4.78 is 26.9. The van der Waals surface area contributed by atoms with Crippen molar-refractivity contribution in [2.24, 2.45) is 0 Å². The highest BCUT2D eigenvalue weighted by molar-refractivity contribution is 7.95. The minimum atomic E-state index is -3.54. The van der Waals surface area contributed by atoms with Gasteiger partial charge in [0, 0.05) is 38.2 Å². The van der Waals surface area contributed by atoms with Crippen molar-refractivity contribution in [3.63, 3.8) is 0 Å². The summed E-state index contributed by atoms with van der Waals surface area (Å²) in [4.78, 5) is 11.6. The first-order valence-corrected chi connectivity index (χ1v) is 10.2. The molecule has 0 bridgehead atoms. The number of aryl methyl sites for hydroxylation is 1. The fourth-order valence-corrected chi connectivity index (χ4v) is 5.29. The zero-order chi connectivity index (χ0) is 19.5. The average molecular weight is 402 g/mol. The van der Waals surface area contributed by atoms with Crippen molar-refractivity contribution in [1.82, 2.24) is 4.57 Å². The van der Waals surface area contributed by atoms with E-state index in [2.05, 4.69) is 0 Å². The molecule has 27 heavy (non-hydrogen) atoms. The highest BCUT2D eigenvalue weighted by Crippen LogP contribution is 2.43. The maximum absolute atomic E-state index is 12.6. The fraction of sp³-hybridized carbons (Fsp3) is 0.150. The van der Waals surface area contributed by atoms with E-state index in [1.54, 1.807) is 41.8 Å². The number of nitrogens with zero attached hydrogens (tertiary/aromatic N) is 1. The van der Waals surface area contributed by atoms with Crippen LogP contribution >= 0.6 is 11.6 Å². The molecule has 1 N–H and O–H groups in total. The molecule has 0 amide bonds. The summed E-state index contributed by atoms with van der Waals surface area (Å²) in [6, 6.07) is 10.5. The number of aliphatic carboxylic acids is 1. The first-order chi connectivity index (χ1) is 12.7. The maximum Gasteiger partial charge on any atom is 0.323 e. The molecule has 7 heteroatoms. The van der Waals surface area contributed by atoms with Crippen molar-refractivity contribution < 1.29 is 18.3 Å². The Kier molecular flexibility index (Phi) is 3.94. The summed E-state index contributed by atoms with van der Waals surface area (Å²) in [5.74, 6) is -0.981. The van der Waals surface area contributed by atoms with Gasteiger partial charge < -0.3 is 9.67 Å². The molecule has 4 rings (SSSR count). The normalized spacial score (nSPS) is 15.0. The number of halogens is 1. The quantitative estimate of drug-likeness (QED) is 0.714. The fourth-order valence-electron chi connectivity index (χ4n) is 3.71. The Morgan fingerprint density at radius 1 is 1.15 bits per heavy atom. The van der Waals surface area contributed by atoms with Gasteiger partial charge in [0.05, 0.1) is 10.4 Å². The smallest absolute Gasteiger partial charge is 0.323 e. The predicted molar refractivity (Wildman–Crippen MR) is 105 cm³/mol. The zero-order valence-electron chi connectivity index (χ0n) is 14.7. The minimum Gasteiger partial charge on any atom is -0.480 e. The van der Waals surface area contributed by atoms with Crippen molar-refractivity contribution in [2.45, 2.75) is 25.3 Å². The molecule has 138 valence electrons. The molecule has 0 fully saturated rings. The summed E-state index contributed by atoms with van der Waals surface area (Å²) in [6.07, 6.45) is 0. The molecule has 0 saturated carbocycles. The topological polar surface area (TPSA) is 76.4 Å². The Bertz CT molecular complexity index is 1270. The third-order valence-corrected chi connectivity index (χ3v) is 6.60. The van der Waals surface area contributed by atoms with Crippen LogP contribution in [0.4, 0.5) is 0 Å². The van der Waals surface area contributed by atoms with E-state index in [0.29, 0.717) is 27.4 Å². The first-order valence-electron chi connectivity index (χ1n) is 8.27. The number of carboxylic acids is 1. The van der Waals surface area contributed by atoms with Crippen LogP contribution in [-0.4, -0.2) is 24.1 Å². The summed E-state index contributed by atoms with van der Waals surface area (Å²) in [7, 11) is -3.54. The van der Waals surface area contributed by atoms with Crippen LogP contribution in [0.25, 0.3) is 16.5 Å². The molecule has 5 nitrogen and oxygen atoms in total. The van der Waals surface area contributed by atoms with Crippen LogP contribution in [0.1, 0.15) is 22.4 Å². The van der Waals surface area contributed by atoms with Crippen molar-refractivity contribution >= 4 is 43.9 Å². The van der Waals surface area contributed by atoms with Gasteiger partial charge in [-0.2, -0.15) is 0 Å². The molecule has 2 aromatic carbocycles. The van der Waals surface area contributed by atoms with E-state index >= 15 is 0 Å². The predicted octanol–water partition coefficient (Wildman–Crippen LogP) is 4.17. The molecule has 3 aromatic rings. The van der Waals surface area contributed by atoms with Gasteiger partial charge in [-0.1, -0.05) is 35.4 Å². The Balaban J connectivity index is 2.09. The van der Waals surface area contributed by atoms with E-state index in [9.17, 15) is 18.3 Å². The lowest BCUT2D eigenvalue weighted by atomic mass is 9.96. The van der Waals surface area contributed by atoms with E-state index in [4.69, 9.17) is 11.6 Å². The number of rotatable bonds is 3. The first kappa shape index (κ1) is 17.8. The van der Waals surface area contributed by atoms with Gasteiger partial charge in [-0.3, -0.25) is 4.79 Å². The second-order valence-corrected chi connectivity index (χ2v) is 8.88. The van der Waals surface area contributed by atoms with Crippen LogP contribution < -0.4 is 0 Å². The Morgan fingerprint density at radius 2 is 1.89 bits per heavy atom. The van der Waals surface area contributed by atoms with Gasteiger partial charge in [-0.25, -0.2) is 8.42 Å². The van der Waals surface area contributed by atoms with Gasteiger partial charge in [-0.15, -0.1) is 0 Å². The Morgan fingerprint density at radius 3 is 2.59 bits per heavy atom. The highest BCUT2D eigenvalue weighted by Gasteiger charge is 2.31. The molecule has 0 unspecified atom stereocenters. The van der Waals surface area contributed by atoms with Crippen LogP contribution in [-0.2, 0) is 21.2 Å². The number of hydrogen-bond donors (Lipinski definition) is 1. The molecule has 1 aliphatic rings. The second kappa shape index (κ2) is 5.97. The van der Waals surface area contributed by atoms with Gasteiger partial charge in [0.2, 0.25) is 9.84 Å². The van der Waals surface area contributed by atoms with E-state index in [1.807, 2.05) is 13.0 Å². The molecule has 0 radical (unpaired) electrons. The van der Waals surface area contributed by atoms with Crippen molar-refractivity contribution in [3.8, 4) is 0 Å². The minimum absolute atomic E-state index is 0.233. The number of hydrogen-bond acceptors (Lipinski definition) is 3. The summed E-state index contributed by atoms with van der Waals surface area (Å²) in [5.41, 5.74) is 4.25. The molecule has 0 atom stereocenters. The lowest BCUT2D eigenvalue weighted by molar-refractivity contribution is -0.137. The molecule has 0 saturated heterocycles. The van der Waals surface area contributed by atoms with Gasteiger partial charge in [0.25, 0.3) is 0 Å². The number of aromatic nitrogens is 1. The zero-order valence-corrected chi connectivity index (χ0v) is 16.2. The van der Waals surface area contributed by atoms with E-state index < -0.39 is 15.8 Å². The lowest BCUT2D eigenvalue weighted by Crippen LogP contribution is -2.10. The molecule has 1 aliphatic heterocycles. The van der Waals surface area contributed by atoms with Crippen LogP contribution in [0.15, 0.2) is 46.7 Å². The van der Waals surface area contributed by atoms with Crippen LogP contribution in [0.5, 0.6) is 0 Å². The monoisotopic (exact) mass is 401 g/mol. The second-order valence-electron chi connectivity index (χ2n) is 6.68. The van der Waals surface area contributed by atoms with Gasteiger partial charge in [0.1, 0.15) is 6.54 Å². The molecule has 0 spiro atoms. The SMILES string of the molecule is Cc1ccc2c(c1)C(c1c(C)n(CC(=O)O)c3cc(Cl)ccc13)=CS2(=O)=O. The van der Waals surface area contributed by atoms with Crippen LogP contribution in [0.2, 0.25) is 5.02 Å². The third-order valence-electron chi connectivity index (χ3n) is 4.85. The van der Waals surface area contributed by atoms with E-state index in [0.717, 1.165) is 16.5 Å². The number of sulfone groups is 1. The number of benzene rings is 2. The summed E-state index contributed by atoms with van der Waals surface area (Å²) >= 11 is 6.12. The molecule has 2 heterocycles. The Labute approximate surface area is 161 Å². The summed E-state index contributed by atoms with van der Waals surface area (Å²) in [6.45, 7) is 3.47. The third kappa shape index (κ3) is 2.76. The van der Waals surface area contributed by atoms with Crippen LogP contribution in [0.3, 0.4) is 0 Å². The van der Waals surface area contributed by atoms with Crippen molar-refractivity contribution in [1.29, 1.82) is 0 Å². The molecule has 0 aliphatic carbocycles. The van der Waals surface area contributed by atoms with Crippen LogP contribution in [0, 0.1) is 13.8 Å². The van der Waals surface area contributed by atoms with E-state index in [1.165, 1.54) is 5.41 Å². The lowest BCUT2D eigenvalue weighted by Gasteiger charge is -2.08. The summed E-state index contributed by atoms with van der Waals surface area (Å²) in [5, 5.41) is 11.8. The Hall–Kier alpha value is -2.57. The number of carbonyl (C=O) groups is 1.